The Hall–Kier alpha value is -1.10. The highest BCUT2D eigenvalue weighted by atomic mass is 127. The molecule has 1 amide bonds. The number of aliphatic imine (C=N–C) groups is 1. The van der Waals surface area contributed by atoms with E-state index in [4.69, 9.17) is 16.3 Å². The number of ether oxygens (including phenoxy) is 1. The Bertz CT molecular complexity index is 722. The molecular weight excluding hydrogens is 529 g/mol. The molecule has 2 heterocycles. The number of amides is 1. The van der Waals surface area contributed by atoms with E-state index in [1.807, 2.05) is 19.2 Å². The smallest absolute Gasteiger partial charge is 0.220 e. The minimum Gasteiger partial charge on any atom is -0.379 e. The lowest BCUT2D eigenvalue weighted by molar-refractivity contribution is -0.121. The van der Waals surface area contributed by atoms with E-state index < -0.39 is 0 Å². The van der Waals surface area contributed by atoms with Crippen LogP contribution in [0.25, 0.3) is 0 Å². The summed E-state index contributed by atoms with van der Waals surface area (Å²) in [5, 5.41) is 7.08. The van der Waals surface area contributed by atoms with Crippen molar-refractivity contribution in [2.24, 2.45) is 10.9 Å². The highest BCUT2D eigenvalue weighted by Crippen LogP contribution is 2.25. The van der Waals surface area contributed by atoms with Crippen LogP contribution in [0.1, 0.15) is 30.9 Å². The summed E-state index contributed by atoms with van der Waals surface area (Å²) in [4.78, 5) is 20.9. The highest BCUT2D eigenvalue weighted by molar-refractivity contribution is 14.0. The molecule has 1 aromatic carbocycles. The SMILES string of the molecule is CN=C(NCC(c1cccc(Cl)c1)N1CCOCC1)N1CCC(CC(=O)NC)CC1.I. The highest BCUT2D eigenvalue weighted by Gasteiger charge is 2.26. The molecule has 2 fully saturated rings. The number of likely N-dealkylation sites (tertiary alicyclic amines) is 1. The van der Waals surface area contributed by atoms with Crippen LogP contribution >= 0.6 is 35.6 Å². The summed E-state index contributed by atoms with van der Waals surface area (Å²) >= 11 is 6.28. The summed E-state index contributed by atoms with van der Waals surface area (Å²) in [7, 11) is 3.54. The quantitative estimate of drug-likeness (QED) is 0.317. The number of hydrogen-bond acceptors (Lipinski definition) is 4. The predicted octanol–water partition coefficient (Wildman–Crippen LogP) is 2.75. The first-order chi connectivity index (χ1) is 14.6. The molecule has 174 valence electrons. The van der Waals surface area contributed by atoms with Crippen molar-refractivity contribution in [2.75, 3.05) is 60.0 Å². The minimum absolute atomic E-state index is 0. The van der Waals surface area contributed by atoms with Gasteiger partial charge in [-0.25, -0.2) is 0 Å². The second-order valence-electron chi connectivity index (χ2n) is 7.95. The Kier molecular flexibility index (Phi) is 11.3. The van der Waals surface area contributed by atoms with Gasteiger partial charge in [-0.15, -0.1) is 24.0 Å². The van der Waals surface area contributed by atoms with Crippen LogP contribution in [0, 0.1) is 5.92 Å². The molecule has 0 saturated carbocycles. The predicted molar refractivity (Wildman–Crippen MR) is 136 cm³/mol. The van der Waals surface area contributed by atoms with Crippen molar-refractivity contribution in [1.82, 2.24) is 20.4 Å². The van der Waals surface area contributed by atoms with Gasteiger partial charge in [0.05, 0.1) is 19.3 Å². The van der Waals surface area contributed by atoms with Crippen LogP contribution in [-0.2, 0) is 9.53 Å². The Balaban J connectivity index is 0.00000341. The van der Waals surface area contributed by atoms with Crippen LogP contribution in [0.5, 0.6) is 0 Å². The molecule has 2 aliphatic heterocycles. The number of halogens is 2. The minimum atomic E-state index is 0. The van der Waals surface area contributed by atoms with Crippen LogP contribution in [-0.4, -0.2) is 81.7 Å². The van der Waals surface area contributed by atoms with Gasteiger partial charge in [0, 0.05) is 58.3 Å². The standard InChI is InChI=1S/C22H34ClN5O2.HI/c1-24-21(29)14-17-6-8-28(9-7-17)22(25-2)26-16-20(27-10-12-30-13-11-27)18-4-3-5-19(23)15-18;/h3-5,15,17,20H,6-14,16H2,1-2H3,(H,24,29)(H,25,26);1H. The maximum Gasteiger partial charge on any atom is 0.220 e. The number of hydrogen-bond donors (Lipinski definition) is 2. The number of nitrogens with one attached hydrogen (secondary N) is 2. The Morgan fingerprint density at radius 1 is 1.26 bits per heavy atom. The zero-order chi connectivity index (χ0) is 21.3. The van der Waals surface area contributed by atoms with E-state index in [1.54, 1.807) is 7.05 Å². The van der Waals surface area contributed by atoms with E-state index >= 15 is 0 Å². The van der Waals surface area contributed by atoms with Gasteiger partial charge in [-0.2, -0.15) is 0 Å². The molecule has 2 aliphatic rings. The van der Waals surface area contributed by atoms with Crippen LogP contribution < -0.4 is 10.6 Å². The van der Waals surface area contributed by atoms with Gasteiger partial charge in [-0.05, 0) is 36.5 Å². The van der Waals surface area contributed by atoms with E-state index in [9.17, 15) is 4.79 Å². The third-order valence-electron chi connectivity index (χ3n) is 6.05. The van der Waals surface area contributed by atoms with Gasteiger partial charge >= 0.3 is 0 Å². The normalized spacial score (nSPS) is 19.5. The Labute approximate surface area is 207 Å². The molecule has 7 nitrogen and oxygen atoms in total. The molecule has 1 atom stereocenters. The fourth-order valence-electron chi connectivity index (χ4n) is 4.29. The van der Waals surface area contributed by atoms with Crippen molar-refractivity contribution in [1.29, 1.82) is 0 Å². The van der Waals surface area contributed by atoms with E-state index in [2.05, 4.69) is 37.6 Å². The molecule has 0 radical (unpaired) electrons. The number of carbonyl (C=O) groups excluding carboxylic acids is 1. The van der Waals surface area contributed by atoms with E-state index in [0.29, 0.717) is 12.3 Å². The Morgan fingerprint density at radius 3 is 2.58 bits per heavy atom. The number of piperidine rings is 1. The molecule has 1 unspecified atom stereocenters. The number of rotatable bonds is 6. The van der Waals surface area contributed by atoms with Crippen LogP contribution in [0.15, 0.2) is 29.3 Å². The van der Waals surface area contributed by atoms with Crippen LogP contribution in [0.2, 0.25) is 5.02 Å². The van der Waals surface area contributed by atoms with E-state index in [0.717, 1.165) is 69.8 Å². The molecule has 2 N–H and O–H groups in total. The fourth-order valence-corrected chi connectivity index (χ4v) is 4.49. The molecule has 3 rings (SSSR count). The lowest BCUT2D eigenvalue weighted by Gasteiger charge is -2.37. The average Bonchev–Trinajstić information content (AvgIpc) is 2.78. The largest absolute Gasteiger partial charge is 0.379 e. The van der Waals surface area contributed by atoms with Gasteiger partial charge in [-0.1, -0.05) is 23.7 Å². The number of nitrogens with zero attached hydrogens (tertiary/aromatic N) is 3. The molecule has 1 aromatic rings. The van der Waals surface area contributed by atoms with Crippen molar-refractivity contribution in [3.8, 4) is 0 Å². The number of morpholine rings is 1. The topological polar surface area (TPSA) is 69.2 Å². The van der Waals surface area contributed by atoms with Crippen molar-refractivity contribution >= 4 is 47.4 Å². The maximum absolute atomic E-state index is 11.7. The summed E-state index contributed by atoms with van der Waals surface area (Å²) < 4.78 is 5.55. The zero-order valence-electron chi connectivity index (χ0n) is 18.5. The van der Waals surface area contributed by atoms with Crippen LogP contribution in [0.3, 0.4) is 0 Å². The van der Waals surface area contributed by atoms with Crippen molar-refractivity contribution in [3.63, 3.8) is 0 Å². The van der Waals surface area contributed by atoms with Gasteiger partial charge in [0.25, 0.3) is 0 Å². The first kappa shape index (κ1) is 26.2. The number of benzene rings is 1. The molecule has 0 aliphatic carbocycles. The second kappa shape index (κ2) is 13.4. The lowest BCUT2D eigenvalue weighted by atomic mass is 9.93. The molecule has 9 heteroatoms. The summed E-state index contributed by atoms with van der Waals surface area (Å²) in [5.74, 6) is 1.51. The zero-order valence-corrected chi connectivity index (χ0v) is 21.6. The molecule has 31 heavy (non-hydrogen) atoms. The van der Waals surface area contributed by atoms with E-state index in [1.165, 1.54) is 5.56 Å². The van der Waals surface area contributed by atoms with Gasteiger partial charge in [0.15, 0.2) is 5.96 Å². The fraction of sp³-hybridized carbons (Fsp3) is 0.636. The first-order valence-electron chi connectivity index (χ1n) is 10.8. The molecule has 0 spiro atoms. The van der Waals surface area contributed by atoms with Crippen molar-refractivity contribution in [3.05, 3.63) is 34.9 Å². The molecule has 0 aromatic heterocycles. The van der Waals surface area contributed by atoms with Crippen molar-refractivity contribution < 1.29 is 9.53 Å². The maximum atomic E-state index is 11.7. The monoisotopic (exact) mass is 563 g/mol. The summed E-state index contributed by atoms with van der Waals surface area (Å²) in [6, 6.07) is 8.32. The van der Waals surface area contributed by atoms with Crippen molar-refractivity contribution in [2.45, 2.75) is 25.3 Å². The first-order valence-corrected chi connectivity index (χ1v) is 11.2. The number of carbonyl (C=O) groups is 1. The molecule has 0 bridgehead atoms. The molecular formula is C22H35ClIN5O2. The third kappa shape index (κ3) is 7.76. The summed E-state index contributed by atoms with van der Waals surface area (Å²) in [6.45, 7) is 5.91. The number of guanidine groups is 1. The van der Waals surface area contributed by atoms with Gasteiger partial charge in [0.1, 0.15) is 0 Å². The summed E-state index contributed by atoms with van der Waals surface area (Å²) in [5.41, 5.74) is 1.21. The van der Waals surface area contributed by atoms with Gasteiger partial charge in [0.2, 0.25) is 5.91 Å². The lowest BCUT2D eigenvalue weighted by Crippen LogP contribution is -2.49. The van der Waals surface area contributed by atoms with Gasteiger partial charge in [-0.3, -0.25) is 14.7 Å². The summed E-state index contributed by atoms with van der Waals surface area (Å²) in [6.07, 6.45) is 2.63. The molecule has 2 saturated heterocycles. The Morgan fingerprint density at radius 2 is 1.97 bits per heavy atom. The van der Waals surface area contributed by atoms with Gasteiger partial charge < -0.3 is 20.3 Å². The average molecular weight is 564 g/mol. The van der Waals surface area contributed by atoms with Crippen LogP contribution in [0.4, 0.5) is 0 Å². The second-order valence-corrected chi connectivity index (χ2v) is 8.39. The van der Waals surface area contributed by atoms with E-state index in [-0.39, 0.29) is 35.9 Å². The third-order valence-corrected chi connectivity index (χ3v) is 6.29.